The molecule has 0 spiro atoms. The number of carbonyl (C=O) groups excluding carboxylic acids is 1. The molecule has 4 aromatic rings. The number of pyridine rings is 1. The zero-order valence-electron chi connectivity index (χ0n) is 16.3. The van der Waals surface area contributed by atoms with Crippen molar-refractivity contribution in [2.24, 2.45) is 0 Å². The van der Waals surface area contributed by atoms with Crippen LogP contribution in [-0.2, 0) is 0 Å². The van der Waals surface area contributed by atoms with Crippen LogP contribution in [0.2, 0.25) is 0 Å². The van der Waals surface area contributed by atoms with Crippen molar-refractivity contribution in [2.75, 3.05) is 6.61 Å². The maximum atomic E-state index is 13.3. The van der Waals surface area contributed by atoms with Crippen LogP contribution in [0, 0.1) is 0 Å². The van der Waals surface area contributed by atoms with E-state index in [0.717, 1.165) is 11.1 Å². The molecule has 0 fully saturated rings. The molecule has 5 heteroatoms. The number of nitrogens with zero attached hydrogens (tertiary/aromatic N) is 1. The van der Waals surface area contributed by atoms with Gasteiger partial charge < -0.3 is 15.5 Å². The first-order valence-electron chi connectivity index (χ1n) is 9.83. The average molecular weight is 398 g/mol. The number of benzene rings is 3. The number of para-hydroxylation sites is 1. The Bertz CT molecular complexity index is 1160. The van der Waals surface area contributed by atoms with Crippen LogP contribution >= 0.6 is 0 Å². The number of aromatic nitrogens is 1. The monoisotopic (exact) mass is 398 g/mol. The second kappa shape index (κ2) is 8.76. The third kappa shape index (κ3) is 3.88. The van der Waals surface area contributed by atoms with Crippen LogP contribution in [-0.4, -0.2) is 27.7 Å². The van der Waals surface area contributed by atoms with Gasteiger partial charge in [-0.05, 0) is 18.1 Å². The first-order chi connectivity index (χ1) is 14.7. The Morgan fingerprint density at radius 3 is 2.23 bits per heavy atom. The molecule has 0 bridgehead atoms. The summed E-state index contributed by atoms with van der Waals surface area (Å²) in [7, 11) is 0. The van der Waals surface area contributed by atoms with Crippen molar-refractivity contribution in [3.8, 4) is 17.0 Å². The Kier molecular flexibility index (Phi) is 5.72. The van der Waals surface area contributed by atoms with E-state index in [1.165, 1.54) is 0 Å². The minimum Gasteiger partial charge on any atom is -0.505 e. The molecule has 3 N–H and O–H groups in total. The van der Waals surface area contributed by atoms with Gasteiger partial charge in [-0.1, -0.05) is 78.9 Å². The van der Waals surface area contributed by atoms with Gasteiger partial charge in [0.05, 0.1) is 17.1 Å². The fraction of sp³-hybridized carbons (Fsp3) is 0.120. The van der Waals surface area contributed by atoms with E-state index in [1.807, 2.05) is 78.9 Å². The molecule has 30 heavy (non-hydrogen) atoms. The summed E-state index contributed by atoms with van der Waals surface area (Å²) in [6.45, 7) is -0.0712. The second-order valence-electron chi connectivity index (χ2n) is 7.02. The summed E-state index contributed by atoms with van der Waals surface area (Å²) >= 11 is 0. The van der Waals surface area contributed by atoms with Gasteiger partial charge in [0.2, 0.25) is 0 Å². The van der Waals surface area contributed by atoms with Crippen molar-refractivity contribution in [3.05, 3.63) is 96.1 Å². The molecule has 1 amide bonds. The molecule has 0 aliphatic heterocycles. The summed E-state index contributed by atoms with van der Waals surface area (Å²) in [6.07, 6.45) is 0.366. The Morgan fingerprint density at radius 1 is 0.900 bits per heavy atom. The number of aliphatic hydroxyl groups is 1. The number of carbonyl (C=O) groups is 1. The maximum absolute atomic E-state index is 13.3. The van der Waals surface area contributed by atoms with Crippen LogP contribution in [0.4, 0.5) is 0 Å². The van der Waals surface area contributed by atoms with E-state index in [2.05, 4.69) is 10.3 Å². The number of aromatic hydroxyl groups is 1. The van der Waals surface area contributed by atoms with Crippen molar-refractivity contribution < 1.29 is 15.0 Å². The van der Waals surface area contributed by atoms with E-state index < -0.39 is 5.91 Å². The SMILES string of the molecule is O=C(N[C@H](CCO)c1ccccc1)c1c(O)c(-c2ccccc2)nc2ccccc12. The molecule has 1 aromatic heterocycles. The van der Waals surface area contributed by atoms with Gasteiger partial charge in [0.1, 0.15) is 5.69 Å². The smallest absolute Gasteiger partial charge is 0.256 e. The largest absolute Gasteiger partial charge is 0.505 e. The predicted molar refractivity (Wildman–Crippen MR) is 117 cm³/mol. The number of fused-ring (bicyclic) bond motifs is 1. The van der Waals surface area contributed by atoms with Crippen LogP contribution in [0.3, 0.4) is 0 Å². The summed E-state index contributed by atoms with van der Waals surface area (Å²) < 4.78 is 0. The quantitative estimate of drug-likeness (QED) is 0.448. The molecule has 1 heterocycles. The molecule has 0 aliphatic rings. The van der Waals surface area contributed by atoms with Gasteiger partial charge >= 0.3 is 0 Å². The molecular formula is C25H22N2O3. The summed E-state index contributed by atoms with van der Waals surface area (Å²) in [6, 6.07) is 25.6. The van der Waals surface area contributed by atoms with Gasteiger partial charge in [0.15, 0.2) is 5.75 Å². The highest BCUT2D eigenvalue weighted by molar-refractivity contribution is 6.10. The van der Waals surface area contributed by atoms with Crippen LogP contribution < -0.4 is 5.32 Å². The maximum Gasteiger partial charge on any atom is 0.256 e. The number of rotatable bonds is 6. The van der Waals surface area contributed by atoms with Crippen LogP contribution in [0.25, 0.3) is 22.2 Å². The molecule has 0 radical (unpaired) electrons. The molecular weight excluding hydrogens is 376 g/mol. The summed E-state index contributed by atoms with van der Waals surface area (Å²) in [5, 5.41) is 24.1. The highest BCUT2D eigenvalue weighted by atomic mass is 16.3. The van der Waals surface area contributed by atoms with Crippen LogP contribution in [0.15, 0.2) is 84.9 Å². The van der Waals surface area contributed by atoms with Crippen molar-refractivity contribution in [2.45, 2.75) is 12.5 Å². The highest BCUT2D eigenvalue weighted by Crippen LogP contribution is 2.35. The summed E-state index contributed by atoms with van der Waals surface area (Å²) in [5.74, 6) is -0.571. The first-order valence-corrected chi connectivity index (χ1v) is 9.83. The molecule has 0 saturated carbocycles. The molecule has 3 aromatic carbocycles. The van der Waals surface area contributed by atoms with E-state index >= 15 is 0 Å². The van der Waals surface area contributed by atoms with Crippen molar-refractivity contribution in [1.29, 1.82) is 0 Å². The second-order valence-corrected chi connectivity index (χ2v) is 7.02. The van der Waals surface area contributed by atoms with E-state index in [0.29, 0.717) is 23.0 Å². The molecule has 1 atom stereocenters. The third-order valence-corrected chi connectivity index (χ3v) is 5.07. The van der Waals surface area contributed by atoms with Gasteiger partial charge in [0.25, 0.3) is 5.91 Å². The van der Waals surface area contributed by atoms with E-state index in [-0.39, 0.29) is 24.0 Å². The van der Waals surface area contributed by atoms with Gasteiger partial charge in [-0.15, -0.1) is 0 Å². The predicted octanol–water partition coefficient (Wildman–Crippen LogP) is 4.46. The summed E-state index contributed by atoms with van der Waals surface area (Å²) in [4.78, 5) is 17.9. The van der Waals surface area contributed by atoms with E-state index in [1.54, 1.807) is 6.07 Å². The average Bonchev–Trinajstić information content (AvgIpc) is 2.79. The topological polar surface area (TPSA) is 82.5 Å². The fourth-order valence-electron chi connectivity index (χ4n) is 3.60. The Balaban J connectivity index is 1.81. The molecule has 0 aliphatic carbocycles. The van der Waals surface area contributed by atoms with Gasteiger partial charge in [-0.3, -0.25) is 4.79 Å². The van der Waals surface area contributed by atoms with Gasteiger partial charge in [-0.25, -0.2) is 4.98 Å². The lowest BCUT2D eigenvalue weighted by molar-refractivity contribution is 0.0929. The highest BCUT2D eigenvalue weighted by Gasteiger charge is 2.23. The molecule has 0 saturated heterocycles. The molecule has 5 nitrogen and oxygen atoms in total. The normalized spacial score (nSPS) is 11.9. The Morgan fingerprint density at radius 2 is 1.53 bits per heavy atom. The number of hydrogen-bond donors (Lipinski definition) is 3. The van der Waals surface area contributed by atoms with Crippen LogP contribution in [0.5, 0.6) is 5.75 Å². The number of amides is 1. The molecule has 0 unspecified atom stereocenters. The lowest BCUT2D eigenvalue weighted by atomic mass is 10.00. The first kappa shape index (κ1) is 19.6. The van der Waals surface area contributed by atoms with Crippen molar-refractivity contribution in [3.63, 3.8) is 0 Å². The van der Waals surface area contributed by atoms with Crippen molar-refractivity contribution in [1.82, 2.24) is 10.3 Å². The zero-order chi connectivity index (χ0) is 20.9. The van der Waals surface area contributed by atoms with E-state index in [4.69, 9.17) is 0 Å². The lowest BCUT2D eigenvalue weighted by Crippen LogP contribution is -2.29. The van der Waals surface area contributed by atoms with E-state index in [9.17, 15) is 15.0 Å². The summed E-state index contributed by atoms with van der Waals surface area (Å²) in [5.41, 5.74) is 2.78. The minimum absolute atomic E-state index is 0.0712. The molecule has 4 rings (SSSR count). The number of aliphatic hydroxyl groups excluding tert-OH is 1. The number of nitrogens with one attached hydrogen (secondary N) is 1. The van der Waals surface area contributed by atoms with Crippen molar-refractivity contribution >= 4 is 16.8 Å². The molecule has 150 valence electrons. The number of hydrogen-bond acceptors (Lipinski definition) is 4. The zero-order valence-corrected chi connectivity index (χ0v) is 16.3. The third-order valence-electron chi connectivity index (χ3n) is 5.07. The fourth-order valence-corrected chi connectivity index (χ4v) is 3.60. The Hall–Kier alpha value is -3.70. The van der Waals surface area contributed by atoms with Gasteiger partial charge in [0, 0.05) is 17.6 Å². The Labute approximate surface area is 174 Å². The van der Waals surface area contributed by atoms with Crippen LogP contribution in [0.1, 0.15) is 28.4 Å². The van der Waals surface area contributed by atoms with Gasteiger partial charge in [-0.2, -0.15) is 0 Å². The standard InChI is InChI=1S/C25H22N2O3/c28-16-15-20(17-9-3-1-4-10-17)27-25(30)22-19-13-7-8-14-21(19)26-23(24(22)29)18-11-5-2-6-12-18/h1-14,20,28-29H,15-16H2,(H,27,30)/t20-/m1/s1. The minimum atomic E-state index is -0.411. The lowest BCUT2D eigenvalue weighted by Gasteiger charge is -2.20.